The summed E-state index contributed by atoms with van der Waals surface area (Å²) in [5.74, 6) is -0.256. The minimum absolute atomic E-state index is 0. The van der Waals surface area contributed by atoms with Crippen molar-refractivity contribution in [2.24, 2.45) is 0 Å². The van der Waals surface area contributed by atoms with E-state index in [1.807, 2.05) is 0 Å². The third kappa shape index (κ3) is 2.64. The van der Waals surface area contributed by atoms with Crippen molar-refractivity contribution in [2.45, 2.75) is 0 Å². The van der Waals surface area contributed by atoms with Gasteiger partial charge in [-0.3, -0.25) is 4.79 Å². The van der Waals surface area contributed by atoms with E-state index >= 15 is 0 Å². The number of aromatic hydroxyl groups is 1. The van der Waals surface area contributed by atoms with E-state index in [1.165, 1.54) is 0 Å². The Morgan fingerprint density at radius 3 is 2.78 bits per heavy atom. The number of aromatic nitrogens is 2. The smallest absolute Gasteiger partial charge is 1.00 e. The van der Waals surface area contributed by atoms with Crippen molar-refractivity contribution in [3.63, 3.8) is 0 Å². The first-order chi connectivity index (χ1) is 3.79. The summed E-state index contributed by atoms with van der Waals surface area (Å²) in [6, 6.07) is 1.00. The fourth-order valence-electron chi connectivity index (χ4n) is 0.358. The number of aromatic amines is 1. The van der Waals surface area contributed by atoms with Crippen molar-refractivity contribution in [3.05, 3.63) is 22.7 Å². The summed E-state index contributed by atoms with van der Waals surface area (Å²) < 4.78 is 0. The summed E-state index contributed by atoms with van der Waals surface area (Å²) in [5, 5.41) is 8.48. The second kappa shape index (κ2) is 3.66. The molecule has 0 aliphatic heterocycles. The van der Waals surface area contributed by atoms with Crippen LogP contribution in [0.5, 0.6) is 5.88 Å². The second-order valence-corrected chi connectivity index (χ2v) is 1.27. The van der Waals surface area contributed by atoms with Gasteiger partial charge in [0.1, 0.15) is 0 Å². The largest absolute Gasteiger partial charge is 1.00 e. The van der Waals surface area contributed by atoms with Crippen LogP contribution in [0.2, 0.25) is 0 Å². The predicted molar refractivity (Wildman–Crippen MR) is 27.6 cm³/mol. The first-order valence-electron chi connectivity index (χ1n) is 2.03. The number of rotatable bonds is 0. The standard InChI is InChI=1S/C4H4N2O2.Na.H/c7-3-1-4(8)6-2-5-3;;/h1-2H,(H2,5,6,7,8);;/q;+1;-1. The van der Waals surface area contributed by atoms with E-state index in [4.69, 9.17) is 5.11 Å². The third-order valence-electron chi connectivity index (χ3n) is 0.664. The third-order valence-corrected chi connectivity index (χ3v) is 0.664. The van der Waals surface area contributed by atoms with Crippen LogP contribution in [-0.2, 0) is 0 Å². The Labute approximate surface area is 74.7 Å². The molecule has 1 aromatic heterocycles. The van der Waals surface area contributed by atoms with Gasteiger partial charge in [0.05, 0.1) is 12.4 Å². The van der Waals surface area contributed by atoms with Gasteiger partial charge in [-0.05, 0) is 0 Å². The molecule has 1 heterocycles. The summed E-state index contributed by atoms with van der Waals surface area (Å²) in [6.07, 6.45) is 1.14. The Balaban J connectivity index is 0. The SMILES string of the molecule is O=c1cc(O)nc[nH]1.[H-].[Na+]. The Kier molecular flexibility index (Phi) is 3.53. The average Bonchev–Trinajstić information content (AvgIpc) is 1.64. The van der Waals surface area contributed by atoms with Crippen molar-refractivity contribution >= 4 is 0 Å². The molecule has 0 amide bonds. The van der Waals surface area contributed by atoms with Crippen molar-refractivity contribution in [1.29, 1.82) is 0 Å². The van der Waals surface area contributed by atoms with Crippen molar-refractivity contribution in [3.8, 4) is 5.88 Å². The van der Waals surface area contributed by atoms with Gasteiger partial charge in [-0.2, -0.15) is 0 Å². The molecule has 5 heteroatoms. The van der Waals surface area contributed by atoms with Crippen LogP contribution in [0.15, 0.2) is 17.2 Å². The van der Waals surface area contributed by atoms with Crippen LogP contribution in [0.1, 0.15) is 1.43 Å². The van der Waals surface area contributed by atoms with E-state index in [2.05, 4.69) is 9.97 Å². The molecule has 1 aromatic rings. The second-order valence-electron chi connectivity index (χ2n) is 1.27. The van der Waals surface area contributed by atoms with Gasteiger partial charge < -0.3 is 11.5 Å². The van der Waals surface area contributed by atoms with E-state index in [-0.39, 0.29) is 42.4 Å². The molecule has 0 saturated heterocycles. The Morgan fingerprint density at radius 1 is 1.78 bits per heavy atom. The normalized spacial score (nSPS) is 8.00. The Bertz CT molecular complexity index is 239. The van der Waals surface area contributed by atoms with Gasteiger partial charge in [-0.1, -0.05) is 0 Å². The number of nitrogens with one attached hydrogen (secondary N) is 1. The Morgan fingerprint density at radius 2 is 2.44 bits per heavy atom. The minimum Gasteiger partial charge on any atom is -1.00 e. The molecule has 0 saturated carbocycles. The molecule has 2 N–H and O–H groups in total. The molecule has 1 rings (SSSR count). The maximum atomic E-state index is 10.2. The molecular formula is C4H5N2NaO2. The molecule has 44 valence electrons. The molecular weight excluding hydrogens is 131 g/mol. The predicted octanol–water partition coefficient (Wildman–Crippen LogP) is -3.41. The number of hydrogen-bond acceptors (Lipinski definition) is 3. The zero-order valence-corrected chi connectivity index (χ0v) is 6.96. The van der Waals surface area contributed by atoms with E-state index in [0.29, 0.717) is 0 Å². The van der Waals surface area contributed by atoms with Crippen LogP contribution in [0.25, 0.3) is 0 Å². The van der Waals surface area contributed by atoms with Crippen molar-refractivity contribution in [1.82, 2.24) is 9.97 Å². The fourth-order valence-corrected chi connectivity index (χ4v) is 0.358. The maximum Gasteiger partial charge on any atom is 1.00 e. The van der Waals surface area contributed by atoms with E-state index in [1.54, 1.807) is 0 Å². The van der Waals surface area contributed by atoms with Crippen molar-refractivity contribution < 1.29 is 36.1 Å². The zero-order chi connectivity index (χ0) is 5.98. The van der Waals surface area contributed by atoms with Crippen LogP contribution in [0, 0.1) is 0 Å². The molecule has 0 aromatic carbocycles. The van der Waals surface area contributed by atoms with E-state index in [0.717, 1.165) is 12.4 Å². The van der Waals surface area contributed by atoms with Gasteiger partial charge in [0.25, 0.3) is 5.56 Å². The molecule has 0 atom stereocenters. The first kappa shape index (κ1) is 8.68. The van der Waals surface area contributed by atoms with Crippen LogP contribution in [0.4, 0.5) is 0 Å². The van der Waals surface area contributed by atoms with Gasteiger partial charge >= 0.3 is 29.6 Å². The molecule has 9 heavy (non-hydrogen) atoms. The molecule has 0 unspecified atom stereocenters. The molecule has 0 radical (unpaired) electrons. The number of H-pyrrole nitrogens is 1. The quantitative estimate of drug-likeness (QED) is 0.365. The fraction of sp³-hybridized carbons (Fsp3) is 0. The maximum absolute atomic E-state index is 10.2. The summed E-state index contributed by atoms with van der Waals surface area (Å²) in [4.78, 5) is 15.8. The summed E-state index contributed by atoms with van der Waals surface area (Å²) >= 11 is 0. The van der Waals surface area contributed by atoms with E-state index in [9.17, 15) is 4.79 Å². The van der Waals surface area contributed by atoms with Crippen molar-refractivity contribution in [2.75, 3.05) is 0 Å². The number of hydrogen-bond donors (Lipinski definition) is 2. The molecule has 0 aliphatic carbocycles. The average molecular weight is 136 g/mol. The summed E-state index contributed by atoms with van der Waals surface area (Å²) in [7, 11) is 0. The van der Waals surface area contributed by atoms with Crippen LogP contribution < -0.4 is 35.1 Å². The molecule has 0 fully saturated rings. The molecule has 0 aliphatic rings. The molecule has 0 spiro atoms. The minimum atomic E-state index is -0.350. The monoisotopic (exact) mass is 136 g/mol. The van der Waals surface area contributed by atoms with Gasteiger partial charge in [-0.25, -0.2) is 4.98 Å². The van der Waals surface area contributed by atoms with Gasteiger partial charge in [-0.15, -0.1) is 0 Å². The van der Waals surface area contributed by atoms with Gasteiger partial charge in [0.15, 0.2) is 0 Å². The van der Waals surface area contributed by atoms with Gasteiger partial charge in [0, 0.05) is 0 Å². The van der Waals surface area contributed by atoms with Crippen LogP contribution in [0.3, 0.4) is 0 Å². The zero-order valence-electron chi connectivity index (χ0n) is 5.96. The van der Waals surface area contributed by atoms with Crippen LogP contribution >= 0.6 is 0 Å². The first-order valence-corrected chi connectivity index (χ1v) is 2.03. The summed E-state index contributed by atoms with van der Waals surface area (Å²) in [5.41, 5.74) is -0.350. The molecule has 4 nitrogen and oxygen atoms in total. The Hall–Kier alpha value is -0.320. The topological polar surface area (TPSA) is 66.0 Å². The number of nitrogens with zero attached hydrogens (tertiary/aromatic N) is 1. The molecule has 0 bridgehead atoms. The summed E-state index contributed by atoms with van der Waals surface area (Å²) in [6.45, 7) is 0. The van der Waals surface area contributed by atoms with Gasteiger partial charge in [0.2, 0.25) is 5.88 Å². The van der Waals surface area contributed by atoms with Crippen LogP contribution in [-0.4, -0.2) is 15.1 Å². The van der Waals surface area contributed by atoms with E-state index < -0.39 is 0 Å².